The highest BCUT2D eigenvalue weighted by atomic mass is 19.4. The molecule has 0 N–H and O–H groups in total. The molecule has 0 atom stereocenters. The number of aromatic nitrogens is 1. The number of alkyl halides is 3. The van der Waals surface area contributed by atoms with Gasteiger partial charge >= 0.3 is 6.18 Å². The van der Waals surface area contributed by atoms with E-state index in [1.54, 1.807) is 19.1 Å². The highest BCUT2D eigenvalue weighted by molar-refractivity contribution is 5.92. The Balaban J connectivity index is 2.87. The van der Waals surface area contributed by atoms with Crippen LogP contribution in [0.25, 0.3) is 0 Å². The number of halogens is 3. The lowest BCUT2D eigenvalue weighted by Gasteiger charge is -2.23. The number of carbonyl (C=O) groups excluding carboxylic acids is 1. The van der Waals surface area contributed by atoms with Crippen molar-refractivity contribution in [3.8, 4) is 0 Å². The normalized spacial score (nSPS) is 11.4. The second kappa shape index (κ2) is 6.54. The minimum Gasteiger partial charge on any atom is -0.328 e. The molecule has 0 spiro atoms. The van der Waals surface area contributed by atoms with Crippen LogP contribution in [0.2, 0.25) is 0 Å². The minimum atomic E-state index is -4.40. The molecule has 1 amide bonds. The van der Waals surface area contributed by atoms with Crippen LogP contribution in [0.3, 0.4) is 0 Å². The summed E-state index contributed by atoms with van der Waals surface area (Å²) < 4.78 is 37.4. The van der Waals surface area contributed by atoms with Gasteiger partial charge in [-0.25, -0.2) is 4.98 Å². The van der Waals surface area contributed by atoms with E-state index in [2.05, 4.69) is 4.98 Å². The van der Waals surface area contributed by atoms with Gasteiger partial charge in [0, 0.05) is 12.2 Å². The molecule has 0 aliphatic carbocycles. The number of unbranched alkanes of at least 4 members (excludes halogenated alkanes) is 1. The van der Waals surface area contributed by atoms with Crippen LogP contribution in [-0.4, -0.2) is 35.1 Å². The van der Waals surface area contributed by atoms with Gasteiger partial charge in [0.05, 0.1) is 0 Å². The first-order chi connectivity index (χ1) is 8.83. The van der Waals surface area contributed by atoms with Gasteiger partial charge in [-0.2, -0.15) is 13.2 Å². The van der Waals surface area contributed by atoms with Crippen LogP contribution in [-0.2, 0) is 0 Å². The molecule has 0 bridgehead atoms. The van der Waals surface area contributed by atoms with Crippen molar-refractivity contribution in [3.63, 3.8) is 0 Å². The van der Waals surface area contributed by atoms with Gasteiger partial charge in [0.2, 0.25) is 0 Å². The molecule has 1 heterocycles. The quantitative estimate of drug-likeness (QED) is 0.826. The molecule has 19 heavy (non-hydrogen) atoms. The Bertz CT molecular complexity index is 432. The van der Waals surface area contributed by atoms with Gasteiger partial charge in [0.25, 0.3) is 5.91 Å². The molecule has 1 rings (SSSR count). The first-order valence-electron chi connectivity index (χ1n) is 6.13. The molecule has 1 aromatic heterocycles. The van der Waals surface area contributed by atoms with Crippen LogP contribution in [0.4, 0.5) is 13.2 Å². The van der Waals surface area contributed by atoms with Crippen LogP contribution in [0, 0.1) is 6.92 Å². The predicted molar refractivity (Wildman–Crippen MR) is 65.8 cm³/mol. The number of aryl methyl sites for hydroxylation is 1. The summed E-state index contributed by atoms with van der Waals surface area (Å²) >= 11 is 0. The predicted octanol–water partition coefficient (Wildman–Crippen LogP) is 3.19. The molecule has 3 nitrogen and oxygen atoms in total. The van der Waals surface area contributed by atoms with E-state index in [0.717, 1.165) is 11.3 Å². The molecule has 0 saturated carbocycles. The molecule has 0 fully saturated rings. The molecule has 0 radical (unpaired) electrons. The second-order valence-electron chi connectivity index (χ2n) is 4.36. The number of hydrogen-bond donors (Lipinski definition) is 0. The van der Waals surface area contributed by atoms with Gasteiger partial charge in [-0.05, 0) is 25.5 Å². The van der Waals surface area contributed by atoms with Crippen molar-refractivity contribution in [2.45, 2.75) is 32.9 Å². The van der Waals surface area contributed by atoms with E-state index in [9.17, 15) is 18.0 Å². The zero-order valence-electron chi connectivity index (χ0n) is 11.0. The smallest absolute Gasteiger partial charge is 0.328 e. The zero-order valence-corrected chi connectivity index (χ0v) is 11.0. The Labute approximate surface area is 110 Å². The van der Waals surface area contributed by atoms with Gasteiger partial charge in [-0.15, -0.1) is 0 Å². The van der Waals surface area contributed by atoms with Crippen molar-refractivity contribution in [1.82, 2.24) is 9.88 Å². The molecular formula is C13H17F3N2O. The Kier molecular flexibility index (Phi) is 5.32. The lowest BCUT2D eigenvalue weighted by atomic mass is 10.2. The van der Waals surface area contributed by atoms with E-state index in [-0.39, 0.29) is 12.2 Å². The zero-order chi connectivity index (χ0) is 14.5. The van der Waals surface area contributed by atoms with Crippen LogP contribution >= 0.6 is 0 Å². The molecule has 6 heteroatoms. The first kappa shape index (κ1) is 15.5. The molecular weight excluding hydrogens is 257 g/mol. The maximum atomic E-state index is 12.5. The topological polar surface area (TPSA) is 33.2 Å². The second-order valence-corrected chi connectivity index (χ2v) is 4.36. The molecule has 0 saturated heterocycles. The lowest BCUT2D eigenvalue weighted by Crippen LogP contribution is -2.40. The van der Waals surface area contributed by atoms with Crippen molar-refractivity contribution in [2.75, 3.05) is 13.1 Å². The van der Waals surface area contributed by atoms with Crippen molar-refractivity contribution < 1.29 is 18.0 Å². The fourth-order valence-electron chi connectivity index (χ4n) is 1.64. The van der Waals surface area contributed by atoms with Crippen molar-refractivity contribution in [2.24, 2.45) is 0 Å². The maximum absolute atomic E-state index is 12.5. The molecule has 0 aliphatic rings. The van der Waals surface area contributed by atoms with Crippen molar-refractivity contribution in [1.29, 1.82) is 0 Å². The van der Waals surface area contributed by atoms with Gasteiger partial charge < -0.3 is 4.90 Å². The van der Waals surface area contributed by atoms with Gasteiger partial charge in [0.15, 0.2) is 0 Å². The third-order valence-corrected chi connectivity index (χ3v) is 2.55. The molecule has 0 aliphatic heterocycles. The fraction of sp³-hybridized carbons (Fsp3) is 0.538. The standard InChI is InChI=1S/C13H17F3N2O/c1-3-4-8-18(9-13(14,15)16)12(19)11-7-5-6-10(2)17-11/h5-7H,3-4,8-9H2,1-2H3. The summed E-state index contributed by atoms with van der Waals surface area (Å²) in [6, 6.07) is 4.74. The summed E-state index contributed by atoms with van der Waals surface area (Å²) in [4.78, 5) is 16.8. The van der Waals surface area contributed by atoms with Crippen molar-refractivity contribution >= 4 is 5.91 Å². The summed E-state index contributed by atoms with van der Waals surface area (Å²) in [7, 11) is 0. The largest absolute Gasteiger partial charge is 0.406 e. The summed E-state index contributed by atoms with van der Waals surface area (Å²) in [6.45, 7) is 2.41. The molecule has 0 aromatic carbocycles. The van der Waals surface area contributed by atoms with Crippen LogP contribution in [0.15, 0.2) is 18.2 Å². The summed E-state index contributed by atoms with van der Waals surface area (Å²) in [6.07, 6.45) is -3.14. The van der Waals surface area contributed by atoms with Gasteiger partial charge in [-0.1, -0.05) is 19.4 Å². The number of amides is 1. The molecule has 0 unspecified atom stereocenters. The summed E-state index contributed by atoms with van der Waals surface area (Å²) in [5, 5.41) is 0. The SMILES string of the molecule is CCCCN(CC(F)(F)F)C(=O)c1cccc(C)n1. The minimum absolute atomic E-state index is 0.0559. The van der Waals surface area contributed by atoms with Crippen LogP contribution in [0.1, 0.15) is 35.9 Å². The average molecular weight is 274 g/mol. The number of pyridine rings is 1. The van der Waals surface area contributed by atoms with E-state index in [1.165, 1.54) is 6.07 Å². The third-order valence-electron chi connectivity index (χ3n) is 2.55. The van der Waals surface area contributed by atoms with Crippen molar-refractivity contribution in [3.05, 3.63) is 29.6 Å². The third kappa shape index (κ3) is 5.28. The highest BCUT2D eigenvalue weighted by Crippen LogP contribution is 2.18. The van der Waals surface area contributed by atoms with Crippen LogP contribution < -0.4 is 0 Å². The van der Waals surface area contributed by atoms with E-state index in [0.29, 0.717) is 12.1 Å². The van der Waals surface area contributed by atoms with E-state index in [1.807, 2.05) is 6.92 Å². The first-order valence-corrected chi connectivity index (χ1v) is 6.13. The van der Waals surface area contributed by atoms with E-state index < -0.39 is 18.6 Å². The highest BCUT2D eigenvalue weighted by Gasteiger charge is 2.33. The van der Waals surface area contributed by atoms with E-state index in [4.69, 9.17) is 0 Å². The Morgan fingerprint density at radius 1 is 1.37 bits per heavy atom. The monoisotopic (exact) mass is 274 g/mol. The summed E-state index contributed by atoms with van der Waals surface area (Å²) in [5.41, 5.74) is 0.661. The summed E-state index contributed by atoms with van der Waals surface area (Å²) in [5.74, 6) is -0.672. The van der Waals surface area contributed by atoms with Crippen LogP contribution in [0.5, 0.6) is 0 Å². The van der Waals surface area contributed by atoms with Gasteiger partial charge in [-0.3, -0.25) is 4.79 Å². The lowest BCUT2D eigenvalue weighted by molar-refractivity contribution is -0.140. The Morgan fingerprint density at radius 2 is 2.05 bits per heavy atom. The number of nitrogens with zero attached hydrogens (tertiary/aromatic N) is 2. The fourth-order valence-corrected chi connectivity index (χ4v) is 1.64. The van der Waals surface area contributed by atoms with Gasteiger partial charge in [0.1, 0.15) is 12.2 Å². The maximum Gasteiger partial charge on any atom is 0.406 e. The Hall–Kier alpha value is -1.59. The molecule has 106 valence electrons. The number of hydrogen-bond acceptors (Lipinski definition) is 2. The number of carbonyl (C=O) groups is 1. The number of rotatable bonds is 5. The average Bonchev–Trinajstić information content (AvgIpc) is 2.32. The van der Waals surface area contributed by atoms with E-state index >= 15 is 0 Å². The molecule has 1 aromatic rings. The Morgan fingerprint density at radius 3 is 2.58 bits per heavy atom.